The molecule has 0 aromatic heterocycles. The normalized spacial score (nSPS) is 15.2. The van der Waals surface area contributed by atoms with Crippen LogP contribution in [0.4, 0.5) is 5.69 Å². The summed E-state index contributed by atoms with van der Waals surface area (Å²) in [5, 5.41) is 2.95. The smallest absolute Gasteiger partial charge is 0.266 e. The molecule has 3 N–H and O–H groups in total. The highest BCUT2D eigenvalue weighted by Gasteiger charge is 2.50. The molecular formula is C28H30N4O2. The van der Waals surface area contributed by atoms with Crippen molar-refractivity contribution in [3.8, 4) is 0 Å². The van der Waals surface area contributed by atoms with E-state index in [1.165, 1.54) is 4.90 Å². The average Bonchev–Trinajstić information content (AvgIpc) is 3.05. The second-order valence-electron chi connectivity index (χ2n) is 9.79. The number of guanidine groups is 1. The van der Waals surface area contributed by atoms with Crippen LogP contribution in [0.15, 0.2) is 89.9 Å². The topological polar surface area (TPSA) is 87.8 Å². The van der Waals surface area contributed by atoms with Gasteiger partial charge in [0.05, 0.1) is 6.54 Å². The van der Waals surface area contributed by atoms with Gasteiger partial charge in [-0.2, -0.15) is 0 Å². The molecule has 1 aliphatic rings. The highest BCUT2D eigenvalue weighted by molar-refractivity contribution is 6.09. The zero-order valence-corrected chi connectivity index (χ0v) is 19.8. The van der Waals surface area contributed by atoms with Crippen molar-refractivity contribution in [1.82, 2.24) is 4.90 Å². The molecule has 6 nitrogen and oxygen atoms in total. The van der Waals surface area contributed by atoms with Gasteiger partial charge in [-0.15, -0.1) is 0 Å². The van der Waals surface area contributed by atoms with Crippen LogP contribution in [0.25, 0.3) is 0 Å². The number of hydrogen-bond donors (Lipinski definition) is 2. The van der Waals surface area contributed by atoms with E-state index in [1.807, 2.05) is 106 Å². The molecule has 3 aromatic carbocycles. The molecular weight excluding hydrogens is 424 g/mol. The standard InChI is InChI=1S/C28H30N4O2/c1-27(2,3)18-24(33)30-23-16-10-11-20(17-23)19-32-25(34)28(31-26(32)29,21-12-6-4-7-13-21)22-14-8-5-9-15-22/h4-17H,18-19H2,1-3H3,(H2,29,31)(H,30,33). The van der Waals surface area contributed by atoms with Crippen LogP contribution in [0, 0.1) is 5.41 Å². The number of nitrogens with two attached hydrogens (primary N) is 1. The van der Waals surface area contributed by atoms with Crippen molar-refractivity contribution in [2.45, 2.75) is 39.3 Å². The van der Waals surface area contributed by atoms with E-state index in [4.69, 9.17) is 10.7 Å². The first kappa shape index (κ1) is 23.2. The van der Waals surface area contributed by atoms with Crippen LogP contribution in [-0.2, 0) is 21.7 Å². The van der Waals surface area contributed by atoms with Crippen LogP contribution in [0.1, 0.15) is 43.9 Å². The molecule has 3 aromatic rings. The second-order valence-corrected chi connectivity index (χ2v) is 9.79. The molecule has 0 aliphatic carbocycles. The maximum absolute atomic E-state index is 13.9. The van der Waals surface area contributed by atoms with E-state index in [0.29, 0.717) is 12.1 Å². The van der Waals surface area contributed by atoms with Gasteiger partial charge >= 0.3 is 0 Å². The fourth-order valence-corrected chi connectivity index (χ4v) is 4.25. The number of aliphatic imine (C=N–C) groups is 1. The van der Waals surface area contributed by atoms with Gasteiger partial charge in [-0.25, -0.2) is 4.99 Å². The highest BCUT2D eigenvalue weighted by Crippen LogP contribution is 2.40. The van der Waals surface area contributed by atoms with Crippen LogP contribution in [-0.4, -0.2) is 22.7 Å². The number of benzene rings is 3. The van der Waals surface area contributed by atoms with E-state index in [2.05, 4.69) is 5.32 Å². The first-order chi connectivity index (χ1) is 16.2. The maximum Gasteiger partial charge on any atom is 0.266 e. The lowest BCUT2D eigenvalue weighted by molar-refractivity contribution is -0.130. The summed E-state index contributed by atoms with van der Waals surface area (Å²) in [4.78, 5) is 32.5. The lowest BCUT2D eigenvalue weighted by Crippen LogP contribution is -2.43. The van der Waals surface area contributed by atoms with E-state index in [-0.39, 0.29) is 29.7 Å². The van der Waals surface area contributed by atoms with Crippen molar-refractivity contribution < 1.29 is 9.59 Å². The van der Waals surface area contributed by atoms with Crippen LogP contribution in [0.5, 0.6) is 0 Å². The molecule has 0 bridgehead atoms. The zero-order chi connectivity index (χ0) is 24.3. The van der Waals surface area contributed by atoms with Crippen LogP contribution >= 0.6 is 0 Å². The second kappa shape index (κ2) is 9.14. The molecule has 34 heavy (non-hydrogen) atoms. The quantitative estimate of drug-likeness (QED) is 0.568. The molecule has 0 atom stereocenters. The summed E-state index contributed by atoms with van der Waals surface area (Å²) in [7, 11) is 0. The Bertz CT molecular complexity index is 1170. The number of carbonyl (C=O) groups excluding carboxylic acids is 2. The molecule has 174 valence electrons. The number of nitrogens with one attached hydrogen (secondary N) is 1. The van der Waals surface area contributed by atoms with Crippen LogP contribution < -0.4 is 11.1 Å². The fraction of sp³-hybridized carbons (Fsp3) is 0.250. The summed E-state index contributed by atoms with van der Waals surface area (Å²) in [6.45, 7) is 6.32. The van der Waals surface area contributed by atoms with Gasteiger partial charge in [0.15, 0.2) is 11.5 Å². The first-order valence-corrected chi connectivity index (χ1v) is 11.4. The summed E-state index contributed by atoms with van der Waals surface area (Å²) in [5.41, 5.74) is 8.06. The van der Waals surface area contributed by atoms with Crippen molar-refractivity contribution in [3.05, 3.63) is 102 Å². The van der Waals surface area contributed by atoms with Crippen molar-refractivity contribution in [2.75, 3.05) is 5.32 Å². The number of rotatable bonds is 6. The summed E-state index contributed by atoms with van der Waals surface area (Å²) in [6.07, 6.45) is 0.415. The molecule has 0 spiro atoms. The largest absolute Gasteiger partial charge is 0.369 e. The number of nitrogens with zero attached hydrogens (tertiary/aromatic N) is 2. The minimum absolute atomic E-state index is 0.0462. The van der Waals surface area contributed by atoms with E-state index in [1.54, 1.807) is 0 Å². The average molecular weight is 455 g/mol. The Hall–Kier alpha value is -3.93. The molecule has 1 heterocycles. The SMILES string of the molecule is CC(C)(C)CC(=O)Nc1cccc(CN2C(=O)C(c3ccccc3)(c3ccccc3)N=C2N)c1. The Balaban J connectivity index is 1.62. The summed E-state index contributed by atoms with van der Waals surface area (Å²) in [6, 6.07) is 26.5. The molecule has 0 saturated heterocycles. The van der Waals surface area contributed by atoms with Gasteiger partial charge in [0.2, 0.25) is 5.91 Å². The third kappa shape index (κ3) is 4.71. The first-order valence-electron chi connectivity index (χ1n) is 11.4. The van der Waals surface area contributed by atoms with Gasteiger partial charge in [0.25, 0.3) is 5.91 Å². The zero-order valence-electron chi connectivity index (χ0n) is 19.8. The molecule has 0 fully saturated rings. The summed E-state index contributed by atoms with van der Waals surface area (Å²) in [5.74, 6) is -0.0837. The number of anilines is 1. The summed E-state index contributed by atoms with van der Waals surface area (Å²) >= 11 is 0. The predicted octanol–water partition coefficient (Wildman–Crippen LogP) is 4.66. The van der Waals surface area contributed by atoms with Crippen LogP contribution in [0.2, 0.25) is 0 Å². The Kier molecular flexibility index (Phi) is 6.24. The van der Waals surface area contributed by atoms with Crippen LogP contribution in [0.3, 0.4) is 0 Å². The number of hydrogen-bond acceptors (Lipinski definition) is 4. The molecule has 4 rings (SSSR count). The minimum atomic E-state index is -1.23. The number of amides is 2. The minimum Gasteiger partial charge on any atom is -0.369 e. The third-order valence-electron chi connectivity index (χ3n) is 5.74. The Morgan fingerprint density at radius 1 is 0.941 bits per heavy atom. The summed E-state index contributed by atoms with van der Waals surface area (Å²) < 4.78 is 0. The highest BCUT2D eigenvalue weighted by atomic mass is 16.2. The van der Waals surface area contributed by atoms with Gasteiger partial charge < -0.3 is 11.1 Å². The Morgan fingerprint density at radius 2 is 1.53 bits per heavy atom. The maximum atomic E-state index is 13.9. The molecule has 2 amide bonds. The number of carbonyl (C=O) groups is 2. The van der Waals surface area contributed by atoms with Crippen molar-refractivity contribution in [1.29, 1.82) is 0 Å². The molecule has 0 unspecified atom stereocenters. The molecule has 0 saturated carbocycles. The lowest BCUT2D eigenvalue weighted by atomic mass is 9.83. The molecule has 0 radical (unpaired) electrons. The molecule has 1 aliphatic heterocycles. The van der Waals surface area contributed by atoms with E-state index in [0.717, 1.165) is 16.7 Å². The van der Waals surface area contributed by atoms with E-state index >= 15 is 0 Å². The van der Waals surface area contributed by atoms with Gasteiger partial charge in [-0.05, 0) is 34.2 Å². The van der Waals surface area contributed by atoms with Gasteiger partial charge in [0.1, 0.15) is 0 Å². The Morgan fingerprint density at radius 3 is 2.09 bits per heavy atom. The van der Waals surface area contributed by atoms with Gasteiger partial charge in [0, 0.05) is 12.1 Å². The third-order valence-corrected chi connectivity index (χ3v) is 5.74. The Labute approximate surface area is 200 Å². The van der Waals surface area contributed by atoms with Gasteiger partial charge in [-0.1, -0.05) is 93.6 Å². The van der Waals surface area contributed by atoms with Gasteiger partial charge in [-0.3, -0.25) is 14.5 Å². The van der Waals surface area contributed by atoms with Crippen molar-refractivity contribution >= 4 is 23.5 Å². The van der Waals surface area contributed by atoms with Crippen molar-refractivity contribution in [3.63, 3.8) is 0 Å². The predicted molar refractivity (Wildman–Crippen MR) is 135 cm³/mol. The van der Waals surface area contributed by atoms with E-state index < -0.39 is 5.54 Å². The molecule has 6 heteroatoms. The van der Waals surface area contributed by atoms with E-state index in [9.17, 15) is 9.59 Å². The fourth-order valence-electron chi connectivity index (χ4n) is 4.25. The lowest BCUT2D eigenvalue weighted by Gasteiger charge is -2.27. The van der Waals surface area contributed by atoms with Crippen molar-refractivity contribution in [2.24, 2.45) is 16.1 Å². The monoisotopic (exact) mass is 454 g/mol.